The second-order valence-electron chi connectivity index (χ2n) is 3.15. The van der Waals surface area contributed by atoms with Crippen molar-refractivity contribution in [2.45, 2.75) is 13.0 Å². The van der Waals surface area contributed by atoms with E-state index in [1.807, 2.05) is 0 Å². The molecule has 1 aromatic rings. The lowest BCUT2D eigenvalue weighted by molar-refractivity contribution is -0.385. The van der Waals surface area contributed by atoms with Crippen LogP contribution in [0.25, 0.3) is 0 Å². The summed E-state index contributed by atoms with van der Waals surface area (Å²) in [5, 5.41) is 20.0. The number of nitro groups is 1. The number of terminal acetylenes is 1. The molecule has 5 heteroatoms. The van der Waals surface area contributed by atoms with Gasteiger partial charge in [0, 0.05) is 17.7 Å². The fourth-order valence-corrected chi connectivity index (χ4v) is 1.23. The van der Waals surface area contributed by atoms with E-state index >= 15 is 0 Å². The first kappa shape index (κ1) is 12.0. The number of aliphatic hydroxyl groups is 1. The van der Waals surface area contributed by atoms with Crippen molar-refractivity contribution in [2.24, 2.45) is 0 Å². The van der Waals surface area contributed by atoms with E-state index in [0.717, 1.165) is 0 Å². The molecule has 0 amide bonds. The van der Waals surface area contributed by atoms with Gasteiger partial charge in [0.05, 0.1) is 11.0 Å². The van der Waals surface area contributed by atoms with Gasteiger partial charge in [0.1, 0.15) is 12.4 Å². The van der Waals surface area contributed by atoms with Crippen molar-refractivity contribution in [3.63, 3.8) is 0 Å². The van der Waals surface area contributed by atoms with Crippen LogP contribution in [0.2, 0.25) is 0 Å². The van der Waals surface area contributed by atoms with E-state index in [1.165, 1.54) is 25.1 Å². The highest BCUT2D eigenvalue weighted by Crippen LogP contribution is 2.29. The molecule has 0 spiro atoms. The Labute approximate surface area is 92.8 Å². The summed E-state index contributed by atoms with van der Waals surface area (Å²) in [6.07, 6.45) is 4.18. The van der Waals surface area contributed by atoms with Crippen molar-refractivity contribution in [3.05, 3.63) is 33.9 Å². The van der Waals surface area contributed by atoms with Crippen LogP contribution in [0.15, 0.2) is 18.2 Å². The Balaban J connectivity index is 3.10. The Morgan fingerprint density at radius 3 is 2.88 bits per heavy atom. The Kier molecular flexibility index (Phi) is 3.86. The normalized spacial score (nSPS) is 11.6. The van der Waals surface area contributed by atoms with E-state index in [1.54, 1.807) is 0 Å². The van der Waals surface area contributed by atoms with Crippen LogP contribution in [0.5, 0.6) is 5.75 Å². The summed E-state index contributed by atoms with van der Waals surface area (Å²) in [5.41, 5.74) is 0.258. The summed E-state index contributed by atoms with van der Waals surface area (Å²) in [6.45, 7) is 1.55. The van der Waals surface area contributed by atoms with Crippen molar-refractivity contribution in [3.8, 4) is 18.1 Å². The van der Waals surface area contributed by atoms with Crippen LogP contribution in [-0.2, 0) is 0 Å². The monoisotopic (exact) mass is 221 g/mol. The molecule has 0 saturated carbocycles. The van der Waals surface area contributed by atoms with Crippen LogP contribution in [0.3, 0.4) is 0 Å². The molecule has 16 heavy (non-hydrogen) atoms. The average Bonchev–Trinajstić information content (AvgIpc) is 2.25. The number of aliphatic hydroxyl groups excluding tert-OH is 1. The van der Waals surface area contributed by atoms with Gasteiger partial charge in [-0.15, -0.1) is 6.42 Å². The van der Waals surface area contributed by atoms with Gasteiger partial charge in [-0.2, -0.15) is 0 Å². The summed E-state index contributed by atoms with van der Waals surface area (Å²) in [5.74, 6) is 2.64. The zero-order valence-corrected chi connectivity index (χ0v) is 8.71. The Hall–Kier alpha value is -2.06. The molecule has 0 aliphatic carbocycles. The Morgan fingerprint density at radius 2 is 2.38 bits per heavy atom. The highest BCUT2D eigenvalue weighted by atomic mass is 16.6. The molecule has 1 atom stereocenters. The van der Waals surface area contributed by atoms with E-state index < -0.39 is 11.0 Å². The van der Waals surface area contributed by atoms with E-state index in [0.29, 0.717) is 11.3 Å². The van der Waals surface area contributed by atoms with Crippen molar-refractivity contribution in [1.29, 1.82) is 0 Å². The second kappa shape index (κ2) is 5.14. The molecule has 0 aliphatic rings. The molecule has 1 aromatic carbocycles. The molecule has 0 heterocycles. The molecule has 0 unspecified atom stereocenters. The summed E-state index contributed by atoms with van der Waals surface area (Å²) in [7, 11) is 0. The molecule has 1 N–H and O–H groups in total. The predicted octanol–water partition coefficient (Wildman–Crippen LogP) is 1.66. The Bertz CT molecular complexity index is 434. The lowest BCUT2D eigenvalue weighted by Crippen LogP contribution is -2.01. The Morgan fingerprint density at radius 1 is 1.69 bits per heavy atom. The summed E-state index contributed by atoms with van der Waals surface area (Å²) in [4.78, 5) is 10.0. The summed E-state index contributed by atoms with van der Waals surface area (Å²) < 4.78 is 5.16. The summed E-state index contributed by atoms with van der Waals surface area (Å²) >= 11 is 0. The standard InChI is InChI=1S/C11H11NO4/c1-3-6-16-11-5-4-9(12(14)15)7-10(11)8(2)13/h1,4-5,7-8,13H,6H2,2H3/t8-/m0/s1. The van der Waals surface area contributed by atoms with Gasteiger partial charge in [0.15, 0.2) is 0 Å². The molecular formula is C11H11NO4. The second-order valence-corrected chi connectivity index (χ2v) is 3.15. The van der Waals surface area contributed by atoms with Crippen molar-refractivity contribution in [2.75, 3.05) is 6.61 Å². The SMILES string of the molecule is C#CCOc1ccc([N+](=O)[O-])cc1[C@H](C)O. The topological polar surface area (TPSA) is 72.6 Å². The molecule has 0 fully saturated rings. The summed E-state index contributed by atoms with van der Waals surface area (Å²) in [6, 6.07) is 4.01. The van der Waals surface area contributed by atoms with Gasteiger partial charge in [0.25, 0.3) is 5.69 Å². The van der Waals surface area contributed by atoms with Gasteiger partial charge in [-0.3, -0.25) is 10.1 Å². The van der Waals surface area contributed by atoms with Crippen LogP contribution in [0, 0.1) is 22.5 Å². The third-order valence-corrected chi connectivity index (χ3v) is 1.97. The van der Waals surface area contributed by atoms with Crippen molar-refractivity contribution in [1.82, 2.24) is 0 Å². The minimum absolute atomic E-state index is 0.0531. The van der Waals surface area contributed by atoms with E-state index in [9.17, 15) is 15.2 Å². The lowest BCUT2D eigenvalue weighted by Gasteiger charge is -2.11. The van der Waals surface area contributed by atoms with Crippen LogP contribution in [-0.4, -0.2) is 16.6 Å². The molecule has 0 bridgehead atoms. The van der Waals surface area contributed by atoms with E-state index in [-0.39, 0.29) is 12.3 Å². The van der Waals surface area contributed by atoms with Crippen LogP contribution < -0.4 is 4.74 Å². The van der Waals surface area contributed by atoms with Gasteiger partial charge >= 0.3 is 0 Å². The quantitative estimate of drug-likeness (QED) is 0.476. The van der Waals surface area contributed by atoms with E-state index in [2.05, 4.69) is 5.92 Å². The van der Waals surface area contributed by atoms with Crippen LogP contribution in [0.1, 0.15) is 18.6 Å². The van der Waals surface area contributed by atoms with Gasteiger partial charge in [0.2, 0.25) is 0 Å². The van der Waals surface area contributed by atoms with Crippen molar-refractivity contribution < 1.29 is 14.8 Å². The third-order valence-electron chi connectivity index (χ3n) is 1.97. The van der Waals surface area contributed by atoms with Crippen LogP contribution in [0.4, 0.5) is 5.69 Å². The highest BCUT2D eigenvalue weighted by Gasteiger charge is 2.14. The lowest BCUT2D eigenvalue weighted by atomic mass is 10.1. The number of ether oxygens (including phenoxy) is 1. The van der Waals surface area contributed by atoms with Gasteiger partial charge < -0.3 is 9.84 Å². The molecule has 84 valence electrons. The first-order valence-corrected chi connectivity index (χ1v) is 4.59. The fraction of sp³-hybridized carbons (Fsp3) is 0.273. The molecule has 0 aliphatic heterocycles. The number of hydrogen-bond donors (Lipinski definition) is 1. The molecule has 5 nitrogen and oxygen atoms in total. The zero-order chi connectivity index (χ0) is 12.1. The number of benzene rings is 1. The number of hydrogen-bond acceptors (Lipinski definition) is 4. The molecule has 0 aromatic heterocycles. The molecule has 0 saturated heterocycles. The fourth-order valence-electron chi connectivity index (χ4n) is 1.23. The smallest absolute Gasteiger partial charge is 0.270 e. The first-order valence-electron chi connectivity index (χ1n) is 4.59. The average molecular weight is 221 g/mol. The molecule has 1 rings (SSSR count). The van der Waals surface area contributed by atoms with Crippen molar-refractivity contribution >= 4 is 5.69 Å². The minimum Gasteiger partial charge on any atom is -0.481 e. The maximum atomic E-state index is 10.6. The molecular weight excluding hydrogens is 210 g/mol. The number of non-ortho nitro benzene ring substituents is 1. The zero-order valence-electron chi connectivity index (χ0n) is 8.71. The van der Waals surface area contributed by atoms with Gasteiger partial charge in [-0.25, -0.2) is 0 Å². The maximum absolute atomic E-state index is 10.6. The number of rotatable bonds is 4. The predicted molar refractivity (Wildman–Crippen MR) is 58.1 cm³/mol. The number of nitro benzene ring substituents is 1. The largest absolute Gasteiger partial charge is 0.481 e. The van der Waals surface area contributed by atoms with E-state index in [4.69, 9.17) is 11.2 Å². The third kappa shape index (κ3) is 2.72. The highest BCUT2D eigenvalue weighted by molar-refractivity contribution is 5.44. The van der Waals surface area contributed by atoms with Gasteiger partial charge in [-0.1, -0.05) is 5.92 Å². The number of nitrogens with zero attached hydrogens (tertiary/aromatic N) is 1. The minimum atomic E-state index is -0.854. The van der Waals surface area contributed by atoms with Crippen LogP contribution >= 0.6 is 0 Å². The van der Waals surface area contributed by atoms with Gasteiger partial charge in [-0.05, 0) is 13.0 Å². The first-order chi connectivity index (χ1) is 7.56. The molecule has 0 radical (unpaired) electrons. The maximum Gasteiger partial charge on any atom is 0.270 e.